The van der Waals surface area contributed by atoms with Gasteiger partial charge in [0.2, 0.25) is 0 Å². The summed E-state index contributed by atoms with van der Waals surface area (Å²) in [6.45, 7) is 5.33. The van der Waals surface area contributed by atoms with Crippen LogP contribution < -0.4 is 5.32 Å². The van der Waals surface area contributed by atoms with Crippen molar-refractivity contribution in [2.24, 2.45) is 4.99 Å². The van der Waals surface area contributed by atoms with Crippen molar-refractivity contribution in [3.8, 4) is 5.75 Å². The average Bonchev–Trinajstić information content (AvgIpc) is 3.14. The molecule has 31 heavy (non-hydrogen) atoms. The molecule has 2 unspecified atom stereocenters. The molecule has 0 aliphatic heterocycles. The normalized spacial score (nSPS) is 13.9. The third-order valence-electron chi connectivity index (χ3n) is 5.26. The number of aromatic nitrogens is 2. The van der Waals surface area contributed by atoms with Gasteiger partial charge in [0.05, 0.1) is 16.4 Å². The minimum atomic E-state index is -0.614. The van der Waals surface area contributed by atoms with Crippen LogP contribution in [-0.2, 0) is 6.54 Å². The number of phenolic OH excluding ortho intramolecular Hbond substituents is 1. The van der Waals surface area contributed by atoms with Crippen LogP contribution in [0.2, 0.25) is 0 Å². The van der Waals surface area contributed by atoms with Crippen LogP contribution >= 0.6 is 15.9 Å². The van der Waals surface area contributed by atoms with Gasteiger partial charge >= 0.3 is 0 Å². The summed E-state index contributed by atoms with van der Waals surface area (Å²) in [5.41, 5.74) is 2.63. The number of halogens is 1. The van der Waals surface area contributed by atoms with Crippen LogP contribution in [0.25, 0.3) is 0 Å². The molecule has 1 heterocycles. The van der Waals surface area contributed by atoms with Crippen LogP contribution in [-0.4, -0.2) is 38.5 Å². The van der Waals surface area contributed by atoms with E-state index in [1.807, 2.05) is 61.0 Å². The maximum Gasteiger partial charge on any atom is 0.165 e. The van der Waals surface area contributed by atoms with E-state index in [4.69, 9.17) is 4.99 Å². The molecule has 0 radical (unpaired) electrons. The third-order valence-corrected chi connectivity index (χ3v) is 5.82. The standard InChI is InChI=1S/C24H29BrN4O2/c1-3-21(19-12-7-8-13-22(19)30)28-23-20(25)16-27-29(23)15-9-14-26-24(31)17(2)18-10-5-4-6-11-18/h4-8,10-13,16-17,24,26,30-31H,3,9,14-15H2,1-2H3/b28-21+. The highest BCUT2D eigenvalue weighted by Crippen LogP contribution is 2.28. The fourth-order valence-electron chi connectivity index (χ4n) is 3.40. The van der Waals surface area contributed by atoms with Gasteiger partial charge in [-0.05, 0) is 53.0 Å². The third kappa shape index (κ3) is 6.03. The van der Waals surface area contributed by atoms with E-state index >= 15 is 0 Å². The Balaban J connectivity index is 1.62. The first-order chi connectivity index (χ1) is 15.0. The van der Waals surface area contributed by atoms with E-state index in [0.717, 1.165) is 33.5 Å². The van der Waals surface area contributed by atoms with Gasteiger partial charge in [-0.3, -0.25) is 5.32 Å². The quantitative estimate of drug-likeness (QED) is 0.215. The molecule has 0 saturated carbocycles. The van der Waals surface area contributed by atoms with E-state index in [0.29, 0.717) is 19.5 Å². The molecule has 3 aromatic rings. The molecule has 6 nitrogen and oxygen atoms in total. The predicted molar refractivity (Wildman–Crippen MR) is 128 cm³/mol. The molecular weight excluding hydrogens is 456 g/mol. The first-order valence-electron chi connectivity index (χ1n) is 10.5. The smallest absolute Gasteiger partial charge is 0.165 e. The van der Waals surface area contributed by atoms with Crippen molar-refractivity contribution in [3.63, 3.8) is 0 Å². The lowest BCUT2D eigenvalue weighted by Gasteiger charge is -2.20. The Kier molecular flexibility index (Phi) is 8.40. The number of para-hydroxylation sites is 1. The molecular formula is C24H29BrN4O2. The van der Waals surface area contributed by atoms with Crippen molar-refractivity contribution in [1.82, 2.24) is 15.1 Å². The van der Waals surface area contributed by atoms with Crippen molar-refractivity contribution in [2.75, 3.05) is 6.54 Å². The highest BCUT2D eigenvalue weighted by Gasteiger charge is 2.16. The number of aromatic hydroxyl groups is 1. The van der Waals surface area contributed by atoms with Crippen LogP contribution in [0.15, 0.2) is 70.3 Å². The number of aliphatic imine (C=N–C) groups is 1. The van der Waals surface area contributed by atoms with Gasteiger partial charge in [-0.15, -0.1) is 0 Å². The summed E-state index contributed by atoms with van der Waals surface area (Å²) in [7, 11) is 0. The predicted octanol–water partition coefficient (Wildman–Crippen LogP) is 4.98. The summed E-state index contributed by atoms with van der Waals surface area (Å²) < 4.78 is 2.65. The first-order valence-corrected chi connectivity index (χ1v) is 11.3. The van der Waals surface area contributed by atoms with Crippen molar-refractivity contribution in [1.29, 1.82) is 0 Å². The number of rotatable bonds is 10. The van der Waals surface area contributed by atoms with Crippen LogP contribution in [0.5, 0.6) is 5.75 Å². The molecule has 0 saturated heterocycles. The molecule has 2 aromatic carbocycles. The van der Waals surface area contributed by atoms with Gasteiger partial charge in [-0.1, -0.05) is 56.3 Å². The number of aliphatic hydroxyl groups is 1. The molecule has 3 N–H and O–H groups in total. The number of aliphatic hydroxyl groups excluding tert-OH is 1. The van der Waals surface area contributed by atoms with Gasteiger partial charge < -0.3 is 10.2 Å². The molecule has 0 bridgehead atoms. The molecule has 3 rings (SSSR count). The zero-order valence-electron chi connectivity index (χ0n) is 17.9. The number of nitrogens with one attached hydrogen (secondary N) is 1. The Morgan fingerprint density at radius 1 is 1.16 bits per heavy atom. The maximum absolute atomic E-state index is 10.4. The Labute approximate surface area is 191 Å². The minimum Gasteiger partial charge on any atom is -0.507 e. The van der Waals surface area contributed by atoms with Crippen molar-refractivity contribution >= 4 is 27.5 Å². The summed E-state index contributed by atoms with van der Waals surface area (Å²) in [6, 6.07) is 17.2. The number of aryl methyl sites for hydroxylation is 1. The second-order valence-electron chi connectivity index (χ2n) is 7.42. The van der Waals surface area contributed by atoms with Crippen molar-refractivity contribution < 1.29 is 10.2 Å². The highest BCUT2D eigenvalue weighted by atomic mass is 79.9. The maximum atomic E-state index is 10.4. The fraction of sp³-hybridized carbons (Fsp3) is 0.333. The number of phenols is 1. The number of hydrogen-bond donors (Lipinski definition) is 3. The number of hydrogen-bond acceptors (Lipinski definition) is 5. The lowest BCUT2D eigenvalue weighted by molar-refractivity contribution is 0.112. The Bertz CT molecular complexity index is 1000. The van der Waals surface area contributed by atoms with Crippen LogP contribution in [0, 0.1) is 0 Å². The highest BCUT2D eigenvalue weighted by molar-refractivity contribution is 9.10. The van der Waals surface area contributed by atoms with E-state index in [9.17, 15) is 10.2 Å². The van der Waals surface area contributed by atoms with Gasteiger partial charge in [0.1, 0.15) is 12.0 Å². The first kappa shape index (κ1) is 23.2. The van der Waals surface area contributed by atoms with Gasteiger partial charge in [-0.2, -0.15) is 5.10 Å². The van der Waals surface area contributed by atoms with E-state index < -0.39 is 6.23 Å². The summed E-state index contributed by atoms with van der Waals surface area (Å²) >= 11 is 3.53. The summed E-state index contributed by atoms with van der Waals surface area (Å²) in [5.74, 6) is 0.945. The molecule has 0 aliphatic carbocycles. The number of nitrogens with zero attached hydrogens (tertiary/aromatic N) is 3. The van der Waals surface area contributed by atoms with Crippen LogP contribution in [0.3, 0.4) is 0 Å². The summed E-state index contributed by atoms with van der Waals surface area (Å²) in [5, 5.41) is 28.3. The van der Waals surface area contributed by atoms with Gasteiger partial charge in [0.15, 0.2) is 5.82 Å². The van der Waals surface area contributed by atoms with E-state index in [2.05, 4.69) is 26.3 Å². The molecule has 1 aromatic heterocycles. The van der Waals surface area contributed by atoms with E-state index in [-0.39, 0.29) is 11.7 Å². The van der Waals surface area contributed by atoms with Gasteiger partial charge in [0, 0.05) is 18.0 Å². The molecule has 7 heteroatoms. The monoisotopic (exact) mass is 484 g/mol. The Morgan fingerprint density at radius 3 is 2.58 bits per heavy atom. The van der Waals surface area contributed by atoms with Crippen molar-refractivity contribution in [3.05, 3.63) is 76.4 Å². The van der Waals surface area contributed by atoms with Crippen molar-refractivity contribution in [2.45, 2.75) is 45.4 Å². The van der Waals surface area contributed by atoms with Crippen LogP contribution in [0.1, 0.15) is 43.7 Å². The molecule has 164 valence electrons. The molecule has 0 spiro atoms. The molecule has 0 aliphatic rings. The second kappa shape index (κ2) is 11.2. The Morgan fingerprint density at radius 2 is 1.87 bits per heavy atom. The lowest BCUT2D eigenvalue weighted by atomic mass is 9.99. The fourth-order valence-corrected chi connectivity index (χ4v) is 3.79. The Hall–Kier alpha value is -2.48. The van der Waals surface area contributed by atoms with Crippen LogP contribution in [0.4, 0.5) is 5.82 Å². The second-order valence-corrected chi connectivity index (χ2v) is 8.27. The van der Waals surface area contributed by atoms with E-state index in [1.54, 1.807) is 18.3 Å². The van der Waals surface area contributed by atoms with Gasteiger partial charge in [-0.25, -0.2) is 9.67 Å². The largest absolute Gasteiger partial charge is 0.507 e. The topological polar surface area (TPSA) is 82.7 Å². The zero-order valence-corrected chi connectivity index (χ0v) is 19.5. The molecule has 2 atom stereocenters. The molecule has 0 amide bonds. The zero-order chi connectivity index (χ0) is 22.2. The average molecular weight is 485 g/mol. The molecule has 0 fully saturated rings. The SMILES string of the molecule is CC/C(=N\c1c(Br)cnn1CCCNC(O)C(C)c1ccccc1)c1ccccc1O. The summed E-state index contributed by atoms with van der Waals surface area (Å²) in [6.07, 6.45) is 2.58. The van der Waals surface area contributed by atoms with Gasteiger partial charge in [0.25, 0.3) is 0 Å². The summed E-state index contributed by atoms with van der Waals surface area (Å²) in [4.78, 5) is 4.79. The van der Waals surface area contributed by atoms with E-state index in [1.165, 1.54) is 0 Å². The lowest BCUT2D eigenvalue weighted by Crippen LogP contribution is -2.34. The number of benzene rings is 2. The minimum absolute atomic E-state index is 0.00544.